The van der Waals surface area contributed by atoms with E-state index >= 15 is 0 Å². The van der Waals surface area contributed by atoms with Crippen molar-refractivity contribution in [3.63, 3.8) is 0 Å². The predicted molar refractivity (Wildman–Crippen MR) is 124 cm³/mol. The molecule has 0 radical (unpaired) electrons. The number of hydrogen-bond acceptors (Lipinski definition) is 5. The minimum absolute atomic E-state index is 0.117. The normalized spacial score (nSPS) is 10.5. The topological polar surface area (TPSA) is 98.1 Å². The van der Waals surface area contributed by atoms with Crippen LogP contribution in [0.3, 0.4) is 0 Å². The molecule has 0 atom stereocenters. The van der Waals surface area contributed by atoms with Gasteiger partial charge in [-0.3, -0.25) is 20.4 Å². The lowest BCUT2D eigenvalue weighted by Gasteiger charge is -2.12. The van der Waals surface area contributed by atoms with Crippen molar-refractivity contribution in [3.05, 3.63) is 95.8 Å². The largest absolute Gasteiger partial charge is 0.483 e. The molecular formula is C25H23N5O3. The number of carbonyl (C=O) groups excluding carboxylic acids is 2. The molecule has 0 aliphatic carbocycles. The molecule has 0 aliphatic rings. The van der Waals surface area contributed by atoms with Gasteiger partial charge in [-0.25, -0.2) is 4.68 Å². The molecule has 4 aromatic rings. The fourth-order valence-corrected chi connectivity index (χ4v) is 3.28. The van der Waals surface area contributed by atoms with Gasteiger partial charge in [0.05, 0.1) is 11.4 Å². The molecular weight excluding hydrogens is 418 g/mol. The molecule has 0 aliphatic heterocycles. The molecule has 2 amide bonds. The van der Waals surface area contributed by atoms with Gasteiger partial charge in [0.2, 0.25) is 0 Å². The number of nitrogens with zero attached hydrogens (tertiary/aromatic N) is 3. The van der Waals surface area contributed by atoms with E-state index in [0.29, 0.717) is 11.4 Å². The molecule has 1 heterocycles. The second-order valence-electron chi connectivity index (χ2n) is 7.42. The van der Waals surface area contributed by atoms with Crippen LogP contribution in [0.15, 0.2) is 78.9 Å². The molecule has 0 fully saturated rings. The number of ether oxygens (including phenoxy) is 1. The summed E-state index contributed by atoms with van der Waals surface area (Å²) in [4.78, 5) is 24.8. The third kappa shape index (κ3) is 5.07. The first-order valence-electron chi connectivity index (χ1n) is 10.4. The summed E-state index contributed by atoms with van der Waals surface area (Å²) in [6.07, 6.45) is 0. The van der Waals surface area contributed by atoms with Crippen molar-refractivity contribution in [1.82, 2.24) is 25.8 Å². The Morgan fingerprint density at radius 2 is 1.58 bits per heavy atom. The Labute approximate surface area is 191 Å². The molecule has 2 N–H and O–H groups in total. The molecule has 0 saturated carbocycles. The predicted octanol–water partition coefficient (Wildman–Crippen LogP) is 3.39. The summed E-state index contributed by atoms with van der Waals surface area (Å²) in [5.41, 5.74) is 9.15. The van der Waals surface area contributed by atoms with Crippen molar-refractivity contribution in [2.75, 3.05) is 6.61 Å². The number of benzene rings is 3. The van der Waals surface area contributed by atoms with Crippen LogP contribution in [0, 0.1) is 13.8 Å². The first-order chi connectivity index (χ1) is 16.0. The van der Waals surface area contributed by atoms with Crippen molar-refractivity contribution in [3.8, 4) is 22.6 Å². The van der Waals surface area contributed by atoms with Crippen LogP contribution in [0.2, 0.25) is 0 Å². The SMILES string of the molecule is Cc1ccc(-n2nnc(C(=O)NNC(=O)COc3ccccc3-c3ccccc3)c2C)cc1. The number of aryl methyl sites for hydroxylation is 1. The monoisotopic (exact) mass is 441 g/mol. The Bertz CT molecular complexity index is 1270. The van der Waals surface area contributed by atoms with E-state index in [2.05, 4.69) is 21.2 Å². The van der Waals surface area contributed by atoms with Crippen molar-refractivity contribution < 1.29 is 14.3 Å². The average molecular weight is 441 g/mol. The molecule has 33 heavy (non-hydrogen) atoms. The maximum Gasteiger partial charge on any atom is 0.292 e. The maximum atomic E-state index is 12.5. The van der Waals surface area contributed by atoms with E-state index < -0.39 is 11.8 Å². The molecule has 3 aromatic carbocycles. The van der Waals surface area contributed by atoms with Gasteiger partial charge in [0.25, 0.3) is 11.8 Å². The molecule has 4 rings (SSSR count). The number of nitrogens with one attached hydrogen (secondary N) is 2. The highest BCUT2D eigenvalue weighted by atomic mass is 16.5. The number of hydrogen-bond donors (Lipinski definition) is 2. The van der Waals surface area contributed by atoms with Crippen LogP contribution in [-0.2, 0) is 4.79 Å². The van der Waals surface area contributed by atoms with Crippen molar-refractivity contribution in [2.45, 2.75) is 13.8 Å². The van der Waals surface area contributed by atoms with Gasteiger partial charge < -0.3 is 4.74 Å². The molecule has 8 nitrogen and oxygen atoms in total. The summed E-state index contributed by atoms with van der Waals surface area (Å²) in [5.74, 6) is -0.499. The Balaban J connectivity index is 1.35. The van der Waals surface area contributed by atoms with Crippen LogP contribution in [0.4, 0.5) is 0 Å². The smallest absolute Gasteiger partial charge is 0.292 e. The van der Waals surface area contributed by atoms with E-state index in [-0.39, 0.29) is 12.3 Å². The summed E-state index contributed by atoms with van der Waals surface area (Å²) < 4.78 is 7.26. The first-order valence-corrected chi connectivity index (χ1v) is 10.4. The van der Waals surface area contributed by atoms with E-state index in [4.69, 9.17) is 4.74 Å². The molecule has 0 spiro atoms. The summed E-state index contributed by atoms with van der Waals surface area (Å²) in [6, 6.07) is 24.9. The number of rotatable bonds is 6. The van der Waals surface area contributed by atoms with Crippen LogP contribution < -0.4 is 15.6 Å². The highest BCUT2D eigenvalue weighted by molar-refractivity contribution is 5.94. The zero-order valence-corrected chi connectivity index (χ0v) is 18.3. The van der Waals surface area contributed by atoms with Gasteiger partial charge in [-0.15, -0.1) is 5.10 Å². The van der Waals surface area contributed by atoms with E-state index in [9.17, 15) is 9.59 Å². The summed E-state index contributed by atoms with van der Waals surface area (Å²) in [6.45, 7) is 3.46. The Morgan fingerprint density at radius 1 is 0.879 bits per heavy atom. The number of amides is 2. The van der Waals surface area contributed by atoms with Crippen molar-refractivity contribution in [1.29, 1.82) is 0 Å². The highest BCUT2D eigenvalue weighted by Gasteiger charge is 2.18. The summed E-state index contributed by atoms with van der Waals surface area (Å²) >= 11 is 0. The standard InChI is InChI=1S/C25H23N5O3/c1-17-12-14-20(15-13-17)30-18(2)24(27-29-30)25(32)28-26-23(31)16-33-22-11-7-6-10-21(22)19-8-4-3-5-9-19/h3-15H,16H2,1-2H3,(H,26,31)(H,28,32). The number of hydrazine groups is 1. The van der Waals surface area contributed by atoms with Crippen molar-refractivity contribution >= 4 is 11.8 Å². The van der Waals surface area contributed by atoms with Gasteiger partial charge in [0.1, 0.15) is 5.75 Å². The van der Waals surface area contributed by atoms with Crippen LogP contribution in [0.1, 0.15) is 21.7 Å². The highest BCUT2D eigenvalue weighted by Crippen LogP contribution is 2.29. The first kappa shape index (κ1) is 21.8. The lowest BCUT2D eigenvalue weighted by Crippen LogP contribution is -2.44. The van der Waals surface area contributed by atoms with Gasteiger partial charge in [-0.1, -0.05) is 71.4 Å². The third-order valence-electron chi connectivity index (χ3n) is 5.03. The van der Waals surface area contributed by atoms with Crippen LogP contribution in [0.25, 0.3) is 16.8 Å². The molecule has 0 unspecified atom stereocenters. The maximum absolute atomic E-state index is 12.5. The molecule has 166 valence electrons. The van der Waals surface area contributed by atoms with Crippen LogP contribution >= 0.6 is 0 Å². The fraction of sp³-hybridized carbons (Fsp3) is 0.120. The number of aromatic nitrogens is 3. The zero-order valence-electron chi connectivity index (χ0n) is 18.3. The second-order valence-corrected chi connectivity index (χ2v) is 7.42. The Morgan fingerprint density at radius 3 is 2.33 bits per heavy atom. The van der Waals surface area contributed by atoms with E-state index in [1.165, 1.54) is 0 Å². The quantitative estimate of drug-likeness (QED) is 0.447. The Hall–Kier alpha value is -4.46. The lowest BCUT2D eigenvalue weighted by molar-refractivity contribution is -0.123. The summed E-state index contributed by atoms with van der Waals surface area (Å²) in [7, 11) is 0. The molecule has 0 bridgehead atoms. The van der Waals surface area contributed by atoms with Gasteiger partial charge in [-0.2, -0.15) is 0 Å². The third-order valence-corrected chi connectivity index (χ3v) is 5.03. The van der Waals surface area contributed by atoms with Gasteiger partial charge in [-0.05, 0) is 37.6 Å². The van der Waals surface area contributed by atoms with Gasteiger partial charge in [0.15, 0.2) is 12.3 Å². The van der Waals surface area contributed by atoms with E-state index in [1.54, 1.807) is 17.7 Å². The lowest BCUT2D eigenvalue weighted by atomic mass is 10.1. The number of carbonyl (C=O) groups is 2. The average Bonchev–Trinajstić information content (AvgIpc) is 3.23. The minimum Gasteiger partial charge on any atom is -0.483 e. The van der Waals surface area contributed by atoms with E-state index in [0.717, 1.165) is 22.4 Å². The van der Waals surface area contributed by atoms with Crippen LogP contribution in [-0.4, -0.2) is 33.4 Å². The Kier molecular flexibility index (Phi) is 6.45. The van der Waals surface area contributed by atoms with Crippen molar-refractivity contribution in [2.24, 2.45) is 0 Å². The van der Waals surface area contributed by atoms with Gasteiger partial charge in [0, 0.05) is 5.56 Å². The summed E-state index contributed by atoms with van der Waals surface area (Å²) in [5, 5.41) is 8.00. The zero-order chi connectivity index (χ0) is 23.2. The fourth-order valence-electron chi connectivity index (χ4n) is 3.28. The molecule has 8 heteroatoms. The number of para-hydroxylation sites is 1. The van der Waals surface area contributed by atoms with Gasteiger partial charge >= 0.3 is 0 Å². The van der Waals surface area contributed by atoms with Crippen LogP contribution in [0.5, 0.6) is 5.75 Å². The minimum atomic E-state index is -0.566. The molecule has 0 saturated heterocycles. The van der Waals surface area contributed by atoms with E-state index in [1.807, 2.05) is 79.7 Å². The molecule has 1 aromatic heterocycles. The second kappa shape index (κ2) is 9.78.